The molecule has 0 atom stereocenters. The molecule has 1 rings (SSSR count). The molecule has 0 aliphatic carbocycles. The fourth-order valence-electron chi connectivity index (χ4n) is 0.622. The standard InChI is InChI=1S/C7H5IO2.Na/c8-6-3-1-2-5(4-6)7(9)10;/h1-4H,(H,9,10);. The van der Waals surface area contributed by atoms with Gasteiger partial charge in [-0.1, -0.05) is 6.07 Å². The molecule has 0 amide bonds. The zero-order chi connectivity index (χ0) is 7.56. The molecule has 11 heavy (non-hydrogen) atoms. The third-order valence-corrected chi connectivity index (χ3v) is 1.74. The molecule has 0 aromatic heterocycles. The van der Waals surface area contributed by atoms with E-state index in [2.05, 4.69) is 22.6 Å². The van der Waals surface area contributed by atoms with E-state index in [1.54, 1.807) is 18.2 Å². The smallest absolute Gasteiger partial charge is 0.335 e. The number of carboxylic acid groups (broad SMARTS) is 1. The van der Waals surface area contributed by atoms with Crippen LogP contribution in [0.1, 0.15) is 10.4 Å². The van der Waals surface area contributed by atoms with Crippen LogP contribution < -0.4 is 0 Å². The van der Waals surface area contributed by atoms with Gasteiger partial charge in [0.2, 0.25) is 0 Å². The van der Waals surface area contributed by atoms with Crippen molar-refractivity contribution in [2.75, 3.05) is 0 Å². The topological polar surface area (TPSA) is 37.3 Å². The van der Waals surface area contributed by atoms with E-state index >= 15 is 0 Å². The predicted molar refractivity (Wildman–Crippen MR) is 51.9 cm³/mol. The molecule has 0 unspecified atom stereocenters. The van der Waals surface area contributed by atoms with Gasteiger partial charge in [0.1, 0.15) is 0 Å². The maximum absolute atomic E-state index is 10.3. The molecule has 0 bridgehead atoms. The van der Waals surface area contributed by atoms with Crippen LogP contribution in [0.4, 0.5) is 0 Å². The Kier molecular flexibility index (Phi) is 5.33. The summed E-state index contributed by atoms with van der Waals surface area (Å²) in [5.41, 5.74) is 0.340. The van der Waals surface area contributed by atoms with E-state index in [4.69, 9.17) is 5.11 Å². The van der Waals surface area contributed by atoms with E-state index < -0.39 is 5.97 Å². The number of hydrogen-bond acceptors (Lipinski definition) is 1. The first-order chi connectivity index (χ1) is 4.70. The average molecular weight is 271 g/mol. The summed E-state index contributed by atoms with van der Waals surface area (Å²) < 4.78 is 0.942. The van der Waals surface area contributed by atoms with Crippen molar-refractivity contribution in [2.45, 2.75) is 0 Å². The van der Waals surface area contributed by atoms with Crippen LogP contribution in [0.25, 0.3) is 0 Å². The zero-order valence-corrected chi connectivity index (χ0v) is 10.2. The number of aromatic carboxylic acids is 1. The van der Waals surface area contributed by atoms with Crippen molar-refractivity contribution < 1.29 is 9.90 Å². The molecule has 1 N–H and O–H groups in total. The quantitative estimate of drug-likeness (QED) is 0.622. The summed E-state index contributed by atoms with van der Waals surface area (Å²) in [6.45, 7) is 0. The summed E-state index contributed by atoms with van der Waals surface area (Å²) in [5, 5.41) is 8.51. The molecule has 53 valence electrons. The summed E-state index contributed by atoms with van der Waals surface area (Å²) in [6, 6.07) is 6.78. The first-order valence-electron chi connectivity index (χ1n) is 2.69. The molecule has 1 aromatic carbocycles. The van der Waals surface area contributed by atoms with E-state index in [9.17, 15) is 4.79 Å². The molecule has 4 heteroatoms. The molecular weight excluding hydrogens is 266 g/mol. The van der Waals surface area contributed by atoms with Gasteiger partial charge in [0.15, 0.2) is 0 Å². The fourth-order valence-corrected chi connectivity index (χ4v) is 1.16. The van der Waals surface area contributed by atoms with Crippen LogP contribution in [0.3, 0.4) is 0 Å². The first-order valence-corrected chi connectivity index (χ1v) is 3.77. The Morgan fingerprint density at radius 1 is 1.45 bits per heavy atom. The second-order valence-electron chi connectivity index (χ2n) is 1.82. The van der Waals surface area contributed by atoms with Gasteiger partial charge in [-0.15, -0.1) is 0 Å². The Balaban J connectivity index is 0.000001000. The molecule has 0 fully saturated rings. The Morgan fingerprint density at radius 3 is 2.45 bits per heavy atom. The Bertz CT molecular complexity index is 262. The maximum atomic E-state index is 10.3. The molecule has 0 saturated heterocycles. The third-order valence-electron chi connectivity index (χ3n) is 1.07. The summed E-state index contributed by atoms with van der Waals surface area (Å²) >= 11 is 2.08. The molecule has 0 heterocycles. The van der Waals surface area contributed by atoms with Crippen molar-refractivity contribution in [2.24, 2.45) is 0 Å². The van der Waals surface area contributed by atoms with Crippen molar-refractivity contribution in [3.05, 3.63) is 33.4 Å². The summed E-state index contributed by atoms with van der Waals surface area (Å²) in [5.74, 6) is -0.876. The van der Waals surface area contributed by atoms with Gasteiger partial charge < -0.3 is 5.11 Å². The van der Waals surface area contributed by atoms with E-state index in [1.165, 1.54) is 0 Å². The van der Waals surface area contributed by atoms with Crippen LogP contribution >= 0.6 is 22.6 Å². The number of hydrogen-bond donors (Lipinski definition) is 1. The van der Waals surface area contributed by atoms with Crippen LogP contribution in [0.2, 0.25) is 0 Å². The average Bonchev–Trinajstić information content (AvgIpc) is 1.88. The Morgan fingerprint density at radius 2 is 2.09 bits per heavy atom. The van der Waals surface area contributed by atoms with Crippen molar-refractivity contribution >= 4 is 58.1 Å². The molecule has 0 spiro atoms. The molecule has 0 aliphatic heterocycles. The fraction of sp³-hybridized carbons (Fsp3) is 0. The van der Waals surface area contributed by atoms with Crippen LogP contribution in [-0.2, 0) is 0 Å². The molecule has 0 saturated carbocycles. The second-order valence-corrected chi connectivity index (χ2v) is 3.06. The summed E-state index contributed by atoms with van der Waals surface area (Å²) in [6.07, 6.45) is 0. The van der Waals surface area contributed by atoms with Gasteiger partial charge in [-0.3, -0.25) is 0 Å². The number of carbonyl (C=O) groups is 1. The zero-order valence-electron chi connectivity index (χ0n) is 6.04. The van der Waals surface area contributed by atoms with Gasteiger partial charge >= 0.3 is 5.97 Å². The van der Waals surface area contributed by atoms with Crippen LogP contribution in [-0.4, -0.2) is 40.6 Å². The molecule has 2 nitrogen and oxygen atoms in total. The van der Waals surface area contributed by atoms with E-state index in [-0.39, 0.29) is 29.6 Å². The van der Waals surface area contributed by atoms with Crippen LogP contribution in [0.15, 0.2) is 24.3 Å². The van der Waals surface area contributed by atoms with Gasteiger partial charge in [-0.2, -0.15) is 0 Å². The van der Waals surface area contributed by atoms with E-state index in [0.29, 0.717) is 5.56 Å². The van der Waals surface area contributed by atoms with E-state index in [1.807, 2.05) is 6.07 Å². The maximum Gasteiger partial charge on any atom is 0.335 e. The van der Waals surface area contributed by atoms with Crippen molar-refractivity contribution in [1.82, 2.24) is 0 Å². The number of rotatable bonds is 1. The largest absolute Gasteiger partial charge is 0.478 e. The SMILES string of the molecule is O=C(O)c1cccc(I)c1.[Na]. The van der Waals surface area contributed by atoms with E-state index in [0.717, 1.165) is 3.57 Å². The number of carboxylic acids is 1. The van der Waals surface area contributed by atoms with Gasteiger partial charge in [0.05, 0.1) is 5.56 Å². The van der Waals surface area contributed by atoms with Crippen molar-refractivity contribution in [1.29, 1.82) is 0 Å². The molecular formula is C7H5INaO2. The second kappa shape index (κ2) is 5.13. The van der Waals surface area contributed by atoms with Crippen molar-refractivity contribution in [3.63, 3.8) is 0 Å². The Hall–Kier alpha value is 0.420. The molecule has 1 radical (unpaired) electrons. The summed E-state index contributed by atoms with van der Waals surface area (Å²) in [4.78, 5) is 10.3. The van der Waals surface area contributed by atoms with Gasteiger partial charge in [-0.05, 0) is 40.8 Å². The minimum Gasteiger partial charge on any atom is -0.478 e. The Labute approximate surface area is 100 Å². The van der Waals surface area contributed by atoms with Gasteiger partial charge in [0, 0.05) is 33.1 Å². The summed E-state index contributed by atoms with van der Waals surface area (Å²) in [7, 11) is 0. The predicted octanol–water partition coefficient (Wildman–Crippen LogP) is 1.61. The van der Waals surface area contributed by atoms with Gasteiger partial charge in [0.25, 0.3) is 0 Å². The first kappa shape index (κ1) is 11.4. The van der Waals surface area contributed by atoms with Crippen LogP contribution in [0, 0.1) is 3.57 Å². The van der Waals surface area contributed by atoms with Crippen LogP contribution in [0.5, 0.6) is 0 Å². The third kappa shape index (κ3) is 3.55. The van der Waals surface area contributed by atoms with Crippen molar-refractivity contribution in [3.8, 4) is 0 Å². The van der Waals surface area contributed by atoms with Gasteiger partial charge in [-0.25, -0.2) is 4.79 Å². The minimum atomic E-state index is -0.876. The number of halogens is 1. The molecule has 0 aliphatic rings. The normalized spacial score (nSPS) is 8.45. The molecule has 1 aromatic rings. The number of benzene rings is 1. The monoisotopic (exact) mass is 271 g/mol. The minimum absolute atomic E-state index is 0.